The molecule has 0 aliphatic carbocycles. The van der Waals surface area contributed by atoms with E-state index >= 15 is 0 Å². The SMILES string of the molecule is CCOCCN(CCOCC)c1nc(Cl)ncc1N. The summed E-state index contributed by atoms with van der Waals surface area (Å²) in [5.41, 5.74) is 6.39. The van der Waals surface area contributed by atoms with E-state index in [0.717, 1.165) is 0 Å². The third kappa shape index (κ3) is 5.59. The number of rotatable bonds is 9. The molecule has 0 bridgehead atoms. The number of ether oxygens (including phenoxy) is 2. The summed E-state index contributed by atoms with van der Waals surface area (Å²) in [4.78, 5) is 10.0. The minimum absolute atomic E-state index is 0.182. The Morgan fingerprint density at radius 2 is 1.79 bits per heavy atom. The highest BCUT2D eigenvalue weighted by Gasteiger charge is 2.12. The molecule has 0 saturated carbocycles. The number of aromatic nitrogens is 2. The van der Waals surface area contributed by atoms with Gasteiger partial charge in [-0.2, -0.15) is 4.98 Å². The van der Waals surface area contributed by atoms with E-state index in [1.807, 2.05) is 18.7 Å². The largest absolute Gasteiger partial charge is 0.394 e. The van der Waals surface area contributed by atoms with Crippen molar-refractivity contribution in [3.8, 4) is 0 Å². The molecule has 0 atom stereocenters. The molecule has 0 aliphatic heterocycles. The van der Waals surface area contributed by atoms with Gasteiger partial charge in [-0.1, -0.05) is 0 Å². The average Bonchev–Trinajstić information content (AvgIpc) is 2.40. The lowest BCUT2D eigenvalue weighted by atomic mass is 10.4. The van der Waals surface area contributed by atoms with Crippen LogP contribution in [-0.2, 0) is 9.47 Å². The summed E-state index contributed by atoms with van der Waals surface area (Å²) in [7, 11) is 0. The molecule has 7 heteroatoms. The molecule has 0 radical (unpaired) electrons. The van der Waals surface area contributed by atoms with Gasteiger partial charge in [0.2, 0.25) is 5.28 Å². The molecule has 6 nitrogen and oxygen atoms in total. The molecular formula is C12H21ClN4O2. The van der Waals surface area contributed by atoms with Gasteiger partial charge in [-0.3, -0.25) is 0 Å². The number of anilines is 2. The van der Waals surface area contributed by atoms with E-state index in [4.69, 9.17) is 26.8 Å². The van der Waals surface area contributed by atoms with Gasteiger partial charge in [0.15, 0.2) is 5.82 Å². The standard InChI is InChI=1S/C12H21ClN4O2/c1-3-18-7-5-17(6-8-19-4-2)11-10(14)9-15-12(13)16-11/h9H,3-8,14H2,1-2H3. The molecule has 0 saturated heterocycles. The van der Waals surface area contributed by atoms with E-state index in [2.05, 4.69) is 9.97 Å². The van der Waals surface area contributed by atoms with Gasteiger partial charge in [-0.05, 0) is 25.4 Å². The molecule has 0 spiro atoms. The zero-order valence-electron chi connectivity index (χ0n) is 11.4. The first-order valence-electron chi connectivity index (χ1n) is 6.37. The van der Waals surface area contributed by atoms with Crippen molar-refractivity contribution in [3.05, 3.63) is 11.5 Å². The third-order valence-corrected chi connectivity index (χ3v) is 2.67. The van der Waals surface area contributed by atoms with Crippen LogP contribution in [0.1, 0.15) is 13.8 Å². The zero-order chi connectivity index (χ0) is 14.1. The summed E-state index contributed by atoms with van der Waals surface area (Å²) in [6.45, 7) is 7.84. The van der Waals surface area contributed by atoms with Crippen LogP contribution in [0.15, 0.2) is 6.20 Å². The van der Waals surface area contributed by atoms with Crippen molar-refractivity contribution >= 4 is 23.1 Å². The predicted octanol–water partition coefficient (Wildman–Crippen LogP) is 1.59. The number of nitrogens with two attached hydrogens (primary N) is 1. The maximum absolute atomic E-state index is 5.89. The van der Waals surface area contributed by atoms with E-state index in [1.165, 1.54) is 6.20 Å². The van der Waals surface area contributed by atoms with Crippen LogP contribution >= 0.6 is 11.6 Å². The number of hydrogen-bond donors (Lipinski definition) is 1. The van der Waals surface area contributed by atoms with Gasteiger partial charge in [-0.25, -0.2) is 4.98 Å². The molecule has 19 heavy (non-hydrogen) atoms. The van der Waals surface area contributed by atoms with Crippen LogP contribution in [0.4, 0.5) is 11.5 Å². The summed E-state index contributed by atoms with van der Waals surface area (Å²) in [6.07, 6.45) is 1.51. The van der Waals surface area contributed by atoms with E-state index < -0.39 is 0 Å². The van der Waals surface area contributed by atoms with Crippen LogP contribution < -0.4 is 10.6 Å². The van der Waals surface area contributed by atoms with Crippen molar-refractivity contribution in [2.24, 2.45) is 0 Å². The quantitative estimate of drug-likeness (QED) is 0.549. The lowest BCUT2D eigenvalue weighted by Gasteiger charge is -2.24. The summed E-state index contributed by atoms with van der Waals surface area (Å²) >= 11 is 5.82. The van der Waals surface area contributed by atoms with Gasteiger partial charge >= 0.3 is 0 Å². The Bertz CT molecular complexity index is 369. The van der Waals surface area contributed by atoms with E-state index in [-0.39, 0.29) is 5.28 Å². The second kappa shape index (κ2) is 8.90. The van der Waals surface area contributed by atoms with Crippen molar-refractivity contribution in [1.29, 1.82) is 0 Å². The molecule has 1 aromatic heterocycles. The fourth-order valence-corrected chi connectivity index (χ4v) is 1.71. The lowest BCUT2D eigenvalue weighted by molar-refractivity contribution is 0.141. The second-order valence-corrected chi connectivity index (χ2v) is 4.14. The molecule has 1 heterocycles. The minimum Gasteiger partial charge on any atom is -0.394 e. The van der Waals surface area contributed by atoms with Crippen molar-refractivity contribution in [1.82, 2.24) is 9.97 Å². The average molecular weight is 289 g/mol. The predicted molar refractivity (Wildman–Crippen MR) is 76.7 cm³/mol. The molecule has 108 valence electrons. The van der Waals surface area contributed by atoms with E-state index in [9.17, 15) is 0 Å². The van der Waals surface area contributed by atoms with Crippen LogP contribution in [0, 0.1) is 0 Å². The van der Waals surface area contributed by atoms with Crippen molar-refractivity contribution in [2.75, 3.05) is 50.2 Å². The van der Waals surface area contributed by atoms with Crippen LogP contribution in [0.2, 0.25) is 5.28 Å². The van der Waals surface area contributed by atoms with Crippen LogP contribution in [0.5, 0.6) is 0 Å². The number of nitrogen functional groups attached to an aromatic ring is 1. The van der Waals surface area contributed by atoms with Gasteiger partial charge in [0.05, 0.1) is 25.1 Å². The molecule has 0 unspecified atom stereocenters. The Morgan fingerprint density at radius 3 is 2.32 bits per heavy atom. The van der Waals surface area contributed by atoms with Gasteiger partial charge in [-0.15, -0.1) is 0 Å². The molecule has 1 rings (SSSR count). The van der Waals surface area contributed by atoms with Gasteiger partial charge in [0.25, 0.3) is 0 Å². The molecule has 2 N–H and O–H groups in total. The molecular weight excluding hydrogens is 268 g/mol. The zero-order valence-corrected chi connectivity index (χ0v) is 12.2. The molecule has 0 amide bonds. The Balaban J connectivity index is 2.72. The summed E-state index contributed by atoms with van der Waals surface area (Å²) in [5, 5.41) is 0.182. The minimum atomic E-state index is 0.182. The van der Waals surface area contributed by atoms with Gasteiger partial charge < -0.3 is 20.1 Å². The van der Waals surface area contributed by atoms with Crippen LogP contribution in [0.25, 0.3) is 0 Å². The summed E-state index contributed by atoms with van der Waals surface area (Å²) < 4.78 is 10.7. The van der Waals surface area contributed by atoms with E-state index in [0.29, 0.717) is 51.0 Å². The fraction of sp³-hybridized carbons (Fsp3) is 0.667. The summed E-state index contributed by atoms with van der Waals surface area (Å²) in [5.74, 6) is 0.624. The van der Waals surface area contributed by atoms with Crippen molar-refractivity contribution < 1.29 is 9.47 Å². The first-order valence-corrected chi connectivity index (χ1v) is 6.75. The highest BCUT2D eigenvalue weighted by atomic mass is 35.5. The van der Waals surface area contributed by atoms with Crippen LogP contribution in [-0.4, -0.2) is 49.5 Å². The second-order valence-electron chi connectivity index (χ2n) is 3.80. The Hall–Kier alpha value is -1.11. The van der Waals surface area contributed by atoms with Crippen LogP contribution in [0.3, 0.4) is 0 Å². The topological polar surface area (TPSA) is 73.5 Å². The molecule has 0 aromatic carbocycles. The molecule has 0 aliphatic rings. The Labute approximate surface area is 118 Å². The van der Waals surface area contributed by atoms with Crippen molar-refractivity contribution in [3.63, 3.8) is 0 Å². The van der Waals surface area contributed by atoms with E-state index in [1.54, 1.807) is 0 Å². The highest BCUT2D eigenvalue weighted by Crippen LogP contribution is 2.20. The maximum Gasteiger partial charge on any atom is 0.224 e. The number of halogens is 1. The lowest BCUT2D eigenvalue weighted by Crippen LogP contribution is -2.32. The van der Waals surface area contributed by atoms with Gasteiger partial charge in [0.1, 0.15) is 0 Å². The van der Waals surface area contributed by atoms with Crippen molar-refractivity contribution in [2.45, 2.75) is 13.8 Å². The normalized spacial score (nSPS) is 10.7. The maximum atomic E-state index is 5.89. The smallest absolute Gasteiger partial charge is 0.224 e. The Kier molecular flexibility index (Phi) is 7.47. The summed E-state index contributed by atoms with van der Waals surface area (Å²) in [6, 6.07) is 0. The third-order valence-electron chi connectivity index (χ3n) is 2.49. The first kappa shape index (κ1) is 15.9. The highest BCUT2D eigenvalue weighted by molar-refractivity contribution is 6.28. The Morgan fingerprint density at radius 1 is 1.21 bits per heavy atom. The molecule has 0 fully saturated rings. The number of nitrogens with zero attached hydrogens (tertiary/aromatic N) is 3. The monoisotopic (exact) mass is 288 g/mol. The fourth-order valence-electron chi connectivity index (χ4n) is 1.58. The first-order chi connectivity index (χ1) is 9.19. The number of hydrogen-bond acceptors (Lipinski definition) is 6. The molecule has 1 aromatic rings. The van der Waals surface area contributed by atoms with Gasteiger partial charge in [0, 0.05) is 26.3 Å².